The monoisotopic (exact) mass is 234 g/mol. The van der Waals surface area contributed by atoms with E-state index in [-0.39, 0.29) is 0 Å². The maximum atomic E-state index is 6.06. The number of halogens is 1. The zero-order valence-electron chi connectivity index (χ0n) is 9.33. The molecule has 0 spiro atoms. The Balaban J connectivity index is 2.12. The van der Waals surface area contributed by atoms with Crippen LogP contribution in [0.5, 0.6) is 0 Å². The van der Waals surface area contributed by atoms with Crippen LogP contribution in [0.15, 0.2) is 24.4 Å². The lowest BCUT2D eigenvalue weighted by Gasteiger charge is -2.18. The van der Waals surface area contributed by atoms with Gasteiger partial charge in [-0.3, -0.25) is 4.90 Å². The number of fused-ring (bicyclic) bond motifs is 1. The van der Waals surface area contributed by atoms with E-state index in [0.717, 1.165) is 5.02 Å². The van der Waals surface area contributed by atoms with Gasteiger partial charge in [0.15, 0.2) is 0 Å². The number of nitrogens with zero attached hydrogens (tertiary/aromatic N) is 1. The first kappa shape index (κ1) is 10.2. The lowest BCUT2D eigenvalue weighted by molar-refractivity contribution is 0.319. The van der Waals surface area contributed by atoms with Gasteiger partial charge < -0.3 is 4.98 Å². The van der Waals surface area contributed by atoms with Crippen LogP contribution in [0.25, 0.3) is 10.9 Å². The first-order valence-electron chi connectivity index (χ1n) is 5.72. The van der Waals surface area contributed by atoms with E-state index in [0.29, 0.717) is 6.04 Å². The largest absolute Gasteiger partial charge is 0.361 e. The van der Waals surface area contributed by atoms with Crippen molar-refractivity contribution in [2.24, 2.45) is 0 Å². The molecule has 1 atom stereocenters. The van der Waals surface area contributed by atoms with E-state index in [2.05, 4.69) is 35.3 Å². The van der Waals surface area contributed by atoms with Gasteiger partial charge in [-0.2, -0.15) is 0 Å². The number of nitrogens with one attached hydrogen (secondary N) is 1. The third-order valence-corrected chi connectivity index (χ3v) is 3.79. The Kier molecular flexibility index (Phi) is 2.41. The molecule has 0 saturated carbocycles. The minimum Gasteiger partial charge on any atom is -0.361 e. The van der Waals surface area contributed by atoms with Crippen molar-refractivity contribution in [3.8, 4) is 0 Å². The molecule has 0 aliphatic carbocycles. The summed E-state index contributed by atoms with van der Waals surface area (Å²) in [4.78, 5) is 5.75. The van der Waals surface area contributed by atoms with E-state index in [1.165, 1.54) is 35.9 Å². The second-order valence-electron chi connectivity index (χ2n) is 4.57. The second-order valence-corrected chi connectivity index (χ2v) is 5.01. The normalized spacial score (nSPS) is 22.0. The topological polar surface area (TPSA) is 19.0 Å². The van der Waals surface area contributed by atoms with Crippen LogP contribution in [0.4, 0.5) is 0 Å². The number of rotatable bonds is 1. The number of aromatic amines is 1. The highest BCUT2D eigenvalue weighted by Gasteiger charge is 2.24. The molecule has 1 saturated heterocycles. The van der Waals surface area contributed by atoms with Crippen molar-refractivity contribution in [3.05, 3.63) is 35.0 Å². The van der Waals surface area contributed by atoms with Crippen LogP contribution >= 0.6 is 11.6 Å². The highest BCUT2D eigenvalue weighted by atomic mass is 35.5. The lowest BCUT2D eigenvalue weighted by atomic mass is 10.0. The van der Waals surface area contributed by atoms with E-state index in [4.69, 9.17) is 11.6 Å². The summed E-state index contributed by atoms with van der Waals surface area (Å²) in [5, 5.41) is 2.08. The van der Waals surface area contributed by atoms with Crippen molar-refractivity contribution < 1.29 is 0 Å². The Labute approximate surface area is 100 Å². The molecule has 1 aliphatic heterocycles. The molecule has 0 radical (unpaired) electrons. The molecule has 0 bridgehead atoms. The van der Waals surface area contributed by atoms with Gasteiger partial charge in [0.2, 0.25) is 0 Å². The van der Waals surface area contributed by atoms with Gasteiger partial charge in [-0.15, -0.1) is 0 Å². The minimum absolute atomic E-state index is 0.548. The summed E-state index contributed by atoms with van der Waals surface area (Å²) in [6.07, 6.45) is 4.66. The maximum Gasteiger partial charge on any atom is 0.0458 e. The molecule has 3 rings (SSSR count). The SMILES string of the molecule is CN1CCCC1c1c[nH]c2ccc(Cl)cc12. The number of H-pyrrole nitrogens is 1. The molecule has 3 heteroatoms. The zero-order valence-corrected chi connectivity index (χ0v) is 10.1. The number of benzene rings is 1. The van der Waals surface area contributed by atoms with Crippen LogP contribution in [0.3, 0.4) is 0 Å². The van der Waals surface area contributed by atoms with Crippen molar-refractivity contribution >= 4 is 22.5 Å². The van der Waals surface area contributed by atoms with Crippen LogP contribution in [-0.4, -0.2) is 23.5 Å². The summed E-state index contributed by atoms with van der Waals surface area (Å²) in [5.41, 5.74) is 2.57. The predicted octanol–water partition coefficient (Wildman–Crippen LogP) is 3.59. The fourth-order valence-corrected chi connectivity index (χ4v) is 2.87. The first-order valence-corrected chi connectivity index (χ1v) is 6.10. The number of aromatic nitrogens is 1. The van der Waals surface area contributed by atoms with Gasteiger partial charge in [0.1, 0.15) is 0 Å². The number of hydrogen-bond acceptors (Lipinski definition) is 1. The zero-order chi connectivity index (χ0) is 11.1. The van der Waals surface area contributed by atoms with Gasteiger partial charge in [0.05, 0.1) is 0 Å². The molecule has 1 aliphatic rings. The minimum atomic E-state index is 0.548. The van der Waals surface area contributed by atoms with E-state index < -0.39 is 0 Å². The lowest BCUT2D eigenvalue weighted by Crippen LogP contribution is -2.17. The second kappa shape index (κ2) is 3.79. The number of hydrogen-bond donors (Lipinski definition) is 1. The Morgan fingerprint density at radius 3 is 3.06 bits per heavy atom. The van der Waals surface area contributed by atoms with Gasteiger partial charge in [-0.1, -0.05) is 11.6 Å². The molecular weight excluding hydrogens is 220 g/mol. The standard InChI is InChI=1S/C13H15ClN2/c1-16-6-2-3-13(16)11-8-15-12-5-4-9(14)7-10(11)12/h4-5,7-8,13,15H,2-3,6H2,1H3. The van der Waals surface area contributed by atoms with Crippen LogP contribution in [-0.2, 0) is 0 Å². The van der Waals surface area contributed by atoms with Gasteiger partial charge in [-0.25, -0.2) is 0 Å². The van der Waals surface area contributed by atoms with Crippen molar-refractivity contribution in [3.63, 3.8) is 0 Å². The Morgan fingerprint density at radius 1 is 1.44 bits per heavy atom. The van der Waals surface area contributed by atoms with E-state index in [1.807, 2.05) is 6.07 Å². The van der Waals surface area contributed by atoms with E-state index in [1.54, 1.807) is 0 Å². The van der Waals surface area contributed by atoms with Gasteiger partial charge in [-0.05, 0) is 50.2 Å². The van der Waals surface area contributed by atoms with Crippen LogP contribution < -0.4 is 0 Å². The van der Waals surface area contributed by atoms with Gasteiger partial charge in [0.25, 0.3) is 0 Å². The number of likely N-dealkylation sites (tertiary alicyclic amines) is 1. The fraction of sp³-hybridized carbons (Fsp3) is 0.385. The summed E-state index contributed by atoms with van der Waals surface area (Å²) in [5.74, 6) is 0. The van der Waals surface area contributed by atoms with Crippen molar-refractivity contribution in [2.45, 2.75) is 18.9 Å². The molecule has 16 heavy (non-hydrogen) atoms. The Hall–Kier alpha value is -0.990. The van der Waals surface area contributed by atoms with Crippen LogP contribution in [0, 0.1) is 0 Å². The summed E-state index contributed by atoms with van der Waals surface area (Å²) in [6, 6.07) is 6.60. The van der Waals surface area contributed by atoms with Gasteiger partial charge >= 0.3 is 0 Å². The van der Waals surface area contributed by atoms with Crippen molar-refractivity contribution in [1.82, 2.24) is 9.88 Å². The predicted molar refractivity (Wildman–Crippen MR) is 67.9 cm³/mol. The molecule has 1 N–H and O–H groups in total. The summed E-state index contributed by atoms with van der Waals surface area (Å²) >= 11 is 6.06. The third kappa shape index (κ3) is 1.53. The molecule has 1 aromatic heterocycles. The molecule has 1 unspecified atom stereocenters. The van der Waals surface area contributed by atoms with Crippen LogP contribution in [0.2, 0.25) is 5.02 Å². The summed E-state index contributed by atoms with van der Waals surface area (Å²) < 4.78 is 0. The smallest absolute Gasteiger partial charge is 0.0458 e. The fourth-order valence-electron chi connectivity index (χ4n) is 2.69. The molecule has 2 nitrogen and oxygen atoms in total. The molecule has 84 valence electrons. The van der Waals surface area contributed by atoms with Crippen molar-refractivity contribution in [2.75, 3.05) is 13.6 Å². The molecule has 2 heterocycles. The Bertz CT molecular complexity index is 518. The molecule has 0 amide bonds. The molecule has 1 aromatic carbocycles. The Morgan fingerprint density at radius 2 is 2.31 bits per heavy atom. The molecule has 1 fully saturated rings. The van der Waals surface area contributed by atoms with E-state index >= 15 is 0 Å². The van der Waals surface area contributed by atoms with Gasteiger partial charge in [0, 0.05) is 28.2 Å². The summed E-state index contributed by atoms with van der Waals surface area (Å²) in [6.45, 7) is 1.19. The first-order chi connectivity index (χ1) is 7.75. The average molecular weight is 235 g/mol. The third-order valence-electron chi connectivity index (χ3n) is 3.56. The quantitative estimate of drug-likeness (QED) is 0.799. The molecular formula is C13H15ClN2. The van der Waals surface area contributed by atoms with E-state index in [9.17, 15) is 0 Å². The highest BCUT2D eigenvalue weighted by molar-refractivity contribution is 6.31. The van der Waals surface area contributed by atoms with Crippen LogP contribution in [0.1, 0.15) is 24.4 Å². The average Bonchev–Trinajstić information content (AvgIpc) is 2.83. The van der Waals surface area contributed by atoms with Crippen molar-refractivity contribution in [1.29, 1.82) is 0 Å². The maximum absolute atomic E-state index is 6.06. The summed E-state index contributed by atoms with van der Waals surface area (Å²) in [7, 11) is 2.20. The molecule has 2 aromatic rings. The highest BCUT2D eigenvalue weighted by Crippen LogP contribution is 2.35.